The number of nitrogens with one attached hydrogen (secondary N) is 1. The molecule has 0 aliphatic carbocycles. The van der Waals surface area contributed by atoms with E-state index in [4.69, 9.17) is 0 Å². The first-order valence-corrected chi connectivity index (χ1v) is 7.02. The maximum atomic E-state index is 13.0. The monoisotopic (exact) mass is 334 g/mol. The van der Waals surface area contributed by atoms with Gasteiger partial charge in [0.15, 0.2) is 0 Å². The van der Waals surface area contributed by atoms with Crippen molar-refractivity contribution in [1.82, 2.24) is 5.43 Å². The van der Waals surface area contributed by atoms with E-state index >= 15 is 0 Å². The molecule has 2 aromatic carbocycles. The highest BCUT2D eigenvalue weighted by Gasteiger charge is 2.31. The molecule has 1 atom stereocenters. The molecule has 1 saturated heterocycles. The number of hydrogen-bond acceptors (Lipinski definition) is 2. The van der Waals surface area contributed by atoms with Gasteiger partial charge in [0, 0.05) is 4.47 Å². The lowest BCUT2D eigenvalue weighted by atomic mass is 10.0. The van der Waals surface area contributed by atoms with Crippen molar-refractivity contribution in [2.45, 2.75) is 12.5 Å². The quantitative estimate of drug-likeness (QED) is 0.910. The summed E-state index contributed by atoms with van der Waals surface area (Å²) >= 11 is 3.40. The van der Waals surface area contributed by atoms with Gasteiger partial charge in [-0.25, -0.2) is 4.39 Å². The molecule has 3 rings (SSSR count). The van der Waals surface area contributed by atoms with Crippen LogP contribution in [0.15, 0.2) is 53.0 Å². The van der Waals surface area contributed by atoms with Crippen LogP contribution >= 0.6 is 15.9 Å². The minimum atomic E-state index is -0.292. The van der Waals surface area contributed by atoms with Crippen LogP contribution in [0.25, 0.3) is 0 Å². The summed E-state index contributed by atoms with van der Waals surface area (Å²) in [6.07, 6.45) is 0.388. The Labute approximate surface area is 124 Å². The van der Waals surface area contributed by atoms with Crippen molar-refractivity contribution >= 4 is 27.5 Å². The van der Waals surface area contributed by atoms with E-state index in [1.54, 1.807) is 17.1 Å². The lowest BCUT2D eigenvalue weighted by Gasteiger charge is -2.25. The van der Waals surface area contributed by atoms with Crippen LogP contribution in [0.5, 0.6) is 0 Å². The van der Waals surface area contributed by atoms with E-state index in [2.05, 4.69) is 21.4 Å². The fraction of sp³-hybridized carbons (Fsp3) is 0.133. The van der Waals surface area contributed by atoms with Gasteiger partial charge in [-0.15, -0.1) is 0 Å². The van der Waals surface area contributed by atoms with E-state index in [1.165, 1.54) is 12.1 Å². The zero-order valence-electron chi connectivity index (χ0n) is 10.5. The van der Waals surface area contributed by atoms with Gasteiger partial charge in [0.25, 0.3) is 0 Å². The molecule has 1 amide bonds. The smallest absolute Gasteiger partial charge is 0.241 e. The molecule has 102 valence electrons. The Balaban J connectivity index is 1.94. The van der Waals surface area contributed by atoms with Crippen molar-refractivity contribution in [1.29, 1.82) is 0 Å². The zero-order valence-corrected chi connectivity index (χ0v) is 12.1. The lowest BCUT2D eigenvalue weighted by Crippen LogP contribution is -2.34. The number of hydrogen-bond donors (Lipinski definition) is 1. The van der Waals surface area contributed by atoms with Crippen LogP contribution in [-0.4, -0.2) is 5.91 Å². The van der Waals surface area contributed by atoms with Crippen molar-refractivity contribution < 1.29 is 9.18 Å². The Morgan fingerprint density at radius 1 is 1.10 bits per heavy atom. The summed E-state index contributed by atoms with van der Waals surface area (Å²) in [5.41, 5.74) is 4.62. The van der Waals surface area contributed by atoms with E-state index in [1.807, 2.05) is 24.3 Å². The summed E-state index contributed by atoms with van der Waals surface area (Å²) in [5.74, 6) is -0.332. The van der Waals surface area contributed by atoms with Gasteiger partial charge in [-0.1, -0.05) is 28.1 Å². The second kappa shape index (κ2) is 5.25. The molecule has 1 fully saturated rings. The average Bonchev–Trinajstić information content (AvgIpc) is 2.82. The van der Waals surface area contributed by atoms with Crippen molar-refractivity contribution in [3.05, 3.63) is 64.4 Å². The van der Waals surface area contributed by atoms with Gasteiger partial charge in [-0.3, -0.25) is 15.2 Å². The Hall–Kier alpha value is -1.88. The number of rotatable bonds is 2. The fourth-order valence-electron chi connectivity index (χ4n) is 2.32. The predicted molar refractivity (Wildman–Crippen MR) is 78.5 cm³/mol. The zero-order chi connectivity index (χ0) is 14.1. The van der Waals surface area contributed by atoms with Crippen molar-refractivity contribution in [3.8, 4) is 0 Å². The predicted octanol–water partition coefficient (Wildman–Crippen LogP) is 3.57. The van der Waals surface area contributed by atoms with Crippen molar-refractivity contribution in [3.63, 3.8) is 0 Å². The van der Waals surface area contributed by atoms with Gasteiger partial charge >= 0.3 is 0 Å². The second-order valence-electron chi connectivity index (χ2n) is 4.65. The SMILES string of the molecule is O=C1CC(c2ccc(Br)cc2)N(c2ccc(F)cc2)N1. The number of carbonyl (C=O) groups excluding carboxylic acids is 1. The van der Waals surface area contributed by atoms with E-state index < -0.39 is 0 Å². The average molecular weight is 335 g/mol. The first-order chi connectivity index (χ1) is 9.63. The molecule has 0 radical (unpaired) electrons. The molecule has 1 aliphatic rings. The lowest BCUT2D eigenvalue weighted by molar-refractivity contribution is -0.119. The van der Waals surface area contributed by atoms with Crippen LogP contribution in [0.1, 0.15) is 18.0 Å². The van der Waals surface area contributed by atoms with Crippen LogP contribution < -0.4 is 10.4 Å². The number of carbonyl (C=O) groups is 1. The molecule has 20 heavy (non-hydrogen) atoms. The molecule has 1 unspecified atom stereocenters. The van der Waals surface area contributed by atoms with Crippen LogP contribution in [0, 0.1) is 5.82 Å². The molecular weight excluding hydrogens is 323 g/mol. The summed E-state index contributed by atoms with van der Waals surface area (Å²) in [6.45, 7) is 0. The summed E-state index contributed by atoms with van der Waals surface area (Å²) in [6, 6.07) is 13.9. The van der Waals surface area contributed by atoms with Crippen LogP contribution in [0.3, 0.4) is 0 Å². The number of anilines is 1. The molecule has 0 spiro atoms. The van der Waals surface area contributed by atoms with Crippen LogP contribution in [0.2, 0.25) is 0 Å². The molecule has 1 heterocycles. The molecule has 3 nitrogen and oxygen atoms in total. The molecule has 0 aromatic heterocycles. The third kappa shape index (κ3) is 2.54. The highest BCUT2D eigenvalue weighted by atomic mass is 79.9. The number of nitrogens with zero attached hydrogens (tertiary/aromatic N) is 1. The van der Waals surface area contributed by atoms with Crippen molar-refractivity contribution in [2.75, 3.05) is 5.01 Å². The molecule has 1 aliphatic heterocycles. The number of amides is 1. The number of hydrazine groups is 1. The van der Waals surface area contributed by atoms with Crippen LogP contribution in [-0.2, 0) is 4.79 Å². The first-order valence-electron chi connectivity index (χ1n) is 6.23. The Bertz CT molecular complexity index is 572. The van der Waals surface area contributed by atoms with Gasteiger partial charge < -0.3 is 0 Å². The molecule has 0 saturated carbocycles. The summed E-state index contributed by atoms with van der Waals surface area (Å²) in [7, 11) is 0. The summed E-state index contributed by atoms with van der Waals surface area (Å²) in [4.78, 5) is 11.7. The minimum absolute atomic E-state index is 0.0396. The molecule has 1 N–H and O–H groups in total. The minimum Gasteiger partial charge on any atom is -0.278 e. The van der Waals surface area contributed by atoms with Crippen molar-refractivity contribution in [2.24, 2.45) is 0 Å². The normalized spacial score (nSPS) is 18.2. The molecular formula is C15H12BrFN2O. The van der Waals surface area contributed by atoms with Gasteiger partial charge in [0.2, 0.25) is 5.91 Å². The topological polar surface area (TPSA) is 32.3 Å². The standard InChI is InChI=1S/C15H12BrFN2O/c16-11-3-1-10(2-4-11)14-9-15(20)18-19(14)13-7-5-12(17)6-8-13/h1-8,14H,9H2,(H,18,20). The molecule has 0 bridgehead atoms. The first kappa shape index (κ1) is 13.1. The number of benzene rings is 2. The summed E-state index contributed by atoms with van der Waals surface area (Å²) in [5, 5.41) is 1.78. The van der Waals surface area contributed by atoms with Gasteiger partial charge in [-0.2, -0.15) is 0 Å². The van der Waals surface area contributed by atoms with Crippen LogP contribution in [0.4, 0.5) is 10.1 Å². The van der Waals surface area contributed by atoms with E-state index in [0.717, 1.165) is 15.7 Å². The number of halogens is 2. The Kier molecular flexibility index (Phi) is 3.44. The Morgan fingerprint density at radius 2 is 1.75 bits per heavy atom. The molecule has 2 aromatic rings. The van der Waals surface area contributed by atoms with E-state index in [-0.39, 0.29) is 17.8 Å². The second-order valence-corrected chi connectivity index (χ2v) is 5.57. The van der Waals surface area contributed by atoms with Gasteiger partial charge in [0.05, 0.1) is 18.2 Å². The van der Waals surface area contributed by atoms with Gasteiger partial charge in [0.1, 0.15) is 5.82 Å². The molecule has 5 heteroatoms. The van der Waals surface area contributed by atoms with E-state index in [9.17, 15) is 9.18 Å². The van der Waals surface area contributed by atoms with E-state index in [0.29, 0.717) is 6.42 Å². The maximum absolute atomic E-state index is 13.0. The fourth-order valence-corrected chi connectivity index (χ4v) is 2.59. The largest absolute Gasteiger partial charge is 0.278 e. The Morgan fingerprint density at radius 3 is 2.40 bits per heavy atom. The third-order valence-corrected chi connectivity index (χ3v) is 3.82. The highest BCUT2D eigenvalue weighted by molar-refractivity contribution is 9.10. The van der Waals surface area contributed by atoms with Gasteiger partial charge in [-0.05, 0) is 42.0 Å². The highest BCUT2D eigenvalue weighted by Crippen LogP contribution is 2.32. The maximum Gasteiger partial charge on any atom is 0.241 e. The summed E-state index contributed by atoms with van der Waals surface area (Å²) < 4.78 is 14.0. The third-order valence-electron chi connectivity index (χ3n) is 3.30.